The average Bonchev–Trinajstić information content (AvgIpc) is 3.20. The Kier molecular flexibility index (Phi) is 7.10. The highest BCUT2D eigenvalue weighted by molar-refractivity contribution is 7.07. The van der Waals surface area contributed by atoms with Gasteiger partial charge in [0, 0.05) is 11.8 Å². The lowest BCUT2D eigenvalue weighted by Gasteiger charge is -2.07. The van der Waals surface area contributed by atoms with Gasteiger partial charge in [0.25, 0.3) is 11.5 Å². The van der Waals surface area contributed by atoms with E-state index in [1.165, 1.54) is 11.7 Å². The molecule has 1 N–H and O–H groups in total. The third-order valence-electron chi connectivity index (χ3n) is 5.11. The maximum atomic E-state index is 13.5. The van der Waals surface area contributed by atoms with Crippen LogP contribution in [0.3, 0.4) is 0 Å². The number of nitrogens with zero attached hydrogens (tertiary/aromatic N) is 2. The van der Waals surface area contributed by atoms with Crippen molar-refractivity contribution in [2.24, 2.45) is 0 Å². The molecule has 4 rings (SSSR count). The quantitative estimate of drug-likeness (QED) is 0.455. The first-order valence-corrected chi connectivity index (χ1v) is 11.4. The second-order valence-electron chi connectivity index (χ2n) is 7.34. The van der Waals surface area contributed by atoms with Crippen molar-refractivity contribution in [1.82, 2.24) is 4.57 Å². The largest absolute Gasteiger partial charge is 0.497 e. The van der Waals surface area contributed by atoms with Gasteiger partial charge in [-0.15, -0.1) is 11.3 Å². The predicted molar refractivity (Wildman–Crippen MR) is 136 cm³/mol. The van der Waals surface area contributed by atoms with Crippen LogP contribution in [0.15, 0.2) is 83.7 Å². The van der Waals surface area contributed by atoms with E-state index in [1.807, 2.05) is 30.3 Å². The summed E-state index contributed by atoms with van der Waals surface area (Å²) in [5.41, 5.74) is 1.27. The molecule has 3 aromatic carbocycles. The molecule has 1 aromatic heterocycles. The Hall–Kier alpha value is -4.61. The molecule has 1 heterocycles. The number of ether oxygens (including phenoxy) is 2. The van der Waals surface area contributed by atoms with Gasteiger partial charge in [0.05, 0.1) is 24.4 Å². The molecule has 0 saturated heterocycles. The molecule has 0 atom stereocenters. The molecule has 0 saturated carbocycles. The number of methoxy groups -OCH3 is 2. The number of para-hydroxylation sites is 1. The van der Waals surface area contributed by atoms with Gasteiger partial charge in [0.2, 0.25) is 0 Å². The summed E-state index contributed by atoms with van der Waals surface area (Å²) in [5, 5.41) is 12.7. The lowest BCUT2D eigenvalue weighted by Crippen LogP contribution is -2.32. The van der Waals surface area contributed by atoms with Gasteiger partial charge in [-0.05, 0) is 48.0 Å². The minimum atomic E-state index is -0.625. The van der Waals surface area contributed by atoms with Crippen LogP contribution in [0, 0.1) is 11.3 Å². The number of carbonyl (C=O) groups is 1. The molecule has 0 unspecified atom stereocenters. The molecule has 0 aliphatic heterocycles. The number of nitriles is 1. The summed E-state index contributed by atoms with van der Waals surface area (Å²) in [4.78, 5) is 26.6. The molecule has 35 heavy (non-hydrogen) atoms. The third kappa shape index (κ3) is 5.16. The van der Waals surface area contributed by atoms with Gasteiger partial charge in [-0.2, -0.15) is 5.26 Å². The number of benzene rings is 3. The van der Waals surface area contributed by atoms with Crippen LogP contribution in [-0.4, -0.2) is 24.7 Å². The SMILES string of the molecule is COc1cccc(C=c2sc(=C(C#N)C(=O)Nc3cccc(OC)c3)n(-c3ccccc3)c2=O)c1. The smallest absolute Gasteiger partial charge is 0.273 e. The topological polar surface area (TPSA) is 93.3 Å². The third-order valence-corrected chi connectivity index (χ3v) is 6.20. The van der Waals surface area contributed by atoms with Crippen LogP contribution in [-0.2, 0) is 4.79 Å². The molecular formula is C27H21N3O4S. The number of nitrogens with one attached hydrogen (secondary N) is 1. The van der Waals surface area contributed by atoms with Crippen LogP contribution in [0.4, 0.5) is 5.69 Å². The highest BCUT2D eigenvalue weighted by atomic mass is 32.1. The van der Waals surface area contributed by atoms with Gasteiger partial charge >= 0.3 is 0 Å². The van der Waals surface area contributed by atoms with E-state index in [-0.39, 0.29) is 15.8 Å². The molecule has 0 fully saturated rings. The Morgan fingerprint density at radius 1 is 0.971 bits per heavy atom. The maximum absolute atomic E-state index is 13.5. The fraction of sp³-hybridized carbons (Fsp3) is 0.0741. The summed E-state index contributed by atoms with van der Waals surface area (Å²) in [5.74, 6) is 0.592. The number of anilines is 1. The van der Waals surface area contributed by atoms with Gasteiger partial charge in [-0.3, -0.25) is 14.2 Å². The van der Waals surface area contributed by atoms with Crippen molar-refractivity contribution < 1.29 is 14.3 Å². The molecule has 4 aromatic rings. The minimum absolute atomic E-state index is 0.177. The van der Waals surface area contributed by atoms with Crippen molar-refractivity contribution >= 4 is 34.6 Å². The number of aromatic nitrogens is 1. The zero-order valence-corrected chi connectivity index (χ0v) is 19.8. The summed E-state index contributed by atoms with van der Waals surface area (Å²) in [7, 11) is 3.10. The first-order valence-electron chi connectivity index (χ1n) is 10.6. The molecule has 0 spiro atoms. The minimum Gasteiger partial charge on any atom is -0.497 e. The van der Waals surface area contributed by atoms with Crippen molar-refractivity contribution in [1.29, 1.82) is 5.26 Å². The molecule has 174 valence electrons. The number of hydrogen-bond acceptors (Lipinski definition) is 6. The number of hydrogen-bond donors (Lipinski definition) is 1. The average molecular weight is 484 g/mol. The number of thiazole rings is 1. The van der Waals surface area contributed by atoms with Crippen LogP contribution >= 0.6 is 11.3 Å². The van der Waals surface area contributed by atoms with E-state index in [0.29, 0.717) is 27.4 Å². The Morgan fingerprint density at radius 3 is 2.34 bits per heavy atom. The van der Waals surface area contributed by atoms with E-state index in [4.69, 9.17) is 9.47 Å². The summed E-state index contributed by atoms with van der Waals surface area (Å²) >= 11 is 1.08. The Morgan fingerprint density at radius 2 is 1.66 bits per heavy atom. The van der Waals surface area contributed by atoms with Gasteiger partial charge in [-0.1, -0.05) is 36.4 Å². The van der Waals surface area contributed by atoms with Crippen LogP contribution in [0.25, 0.3) is 17.3 Å². The van der Waals surface area contributed by atoms with E-state index in [0.717, 1.165) is 16.9 Å². The Balaban J connectivity index is 1.92. The van der Waals surface area contributed by atoms with Crippen molar-refractivity contribution in [3.63, 3.8) is 0 Å². The number of amides is 1. The van der Waals surface area contributed by atoms with E-state index in [1.54, 1.807) is 67.8 Å². The second kappa shape index (κ2) is 10.5. The molecule has 8 heteroatoms. The van der Waals surface area contributed by atoms with Crippen LogP contribution in [0.5, 0.6) is 11.5 Å². The Bertz CT molecular complexity index is 1600. The van der Waals surface area contributed by atoms with Crippen molar-refractivity contribution in [2.45, 2.75) is 0 Å². The van der Waals surface area contributed by atoms with Gasteiger partial charge in [0.1, 0.15) is 22.2 Å². The summed E-state index contributed by atoms with van der Waals surface area (Å²) in [6, 6.07) is 25.0. The van der Waals surface area contributed by atoms with Crippen molar-refractivity contribution in [2.75, 3.05) is 19.5 Å². The highest BCUT2D eigenvalue weighted by Crippen LogP contribution is 2.17. The van der Waals surface area contributed by atoms with Crippen molar-refractivity contribution in [3.05, 3.63) is 104 Å². The van der Waals surface area contributed by atoms with Gasteiger partial charge in [-0.25, -0.2) is 0 Å². The number of carbonyl (C=O) groups excluding carboxylic acids is 1. The van der Waals surface area contributed by atoms with E-state index >= 15 is 0 Å². The summed E-state index contributed by atoms with van der Waals surface area (Å²) in [6.07, 6.45) is 1.72. The normalized spacial score (nSPS) is 12.0. The zero-order chi connectivity index (χ0) is 24.8. The fourth-order valence-electron chi connectivity index (χ4n) is 3.43. The summed E-state index contributed by atoms with van der Waals surface area (Å²) in [6.45, 7) is 0. The lowest BCUT2D eigenvalue weighted by atomic mass is 10.2. The van der Waals surface area contributed by atoms with Crippen LogP contribution < -0.4 is 29.5 Å². The lowest BCUT2D eigenvalue weighted by molar-refractivity contribution is -0.111. The van der Waals surface area contributed by atoms with Gasteiger partial charge < -0.3 is 14.8 Å². The molecule has 7 nitrogen and oxygen atoms in total. The van der Waals surface area contributed by atoms with E-state index in [9.17, 15) is 14.9 Å². The van der Waals surface area contributed by atoms with E-state index in [2.05, 4.69) is 5.32 Å². The number of rotatable bonds is 6. The molecule has 0 bridgehead atoms. The standard InChI is InChI=1S/C27H21N3O4S/c1-33-21-12-6-8-18(14-21)15-24-26(32)30(20-10-4-3-5-11-20)27(35-24)23(17-28)25(31)29-19-9-7-13-22(16-19)34-2/h3-16H,1-2H3,(H,29,31). The summed E-state index contributed by atoms with van der Waals surface area (Å²) < 4.78 is 12.5. The molecule has 1 amide bonds. The van der Waals surface area contributed by atoms with E-state index < -0.39 is 5.91 Å². The van der Waals surface area contributed by atoms with Crippen LogP contribution in [0.1, 0.15) is 5.56 Å². The first-order chi connectivity index (χ1) is 17.0. The highest BCUT2D eigenvalue weighted by Gasteiger charge is 2.17. The first kappa shape index (κ1) is 23.5. The Labute approximate surface area is 205 Å². The predicted octanol–water partition coefficient (Wildman–Crippen LogP) is 3.06. The fourth-order valence-corrected chi connectivity index (χ4v) is 4.54. The second-order valence-corrected chi connectivity index (χ2v) is 8.37. The van der Waals surface area contributed by atoms with Gasteiger partial charge in [0.15, 0.2) is 5.57 Å². The molecule has 0 radical (unpaired) electrons. The zero-order valence-electron chi connectivity index (χ0n) is 19.0. The monoisotopic (exact) mass is 483 g/mol. The molecule has 0 aliphatic carbocycles. The molecular weight excluding hydrogens is 462 g/mol. The molecule has 0 aliphatic rings. The van der Waals surface area contributed by atoms with Crippen LogP contribution in [0.2, 0.25) is 0 Å². The maximum Gasteiger partial charge on any atom is 0.273 e. The van der Waals surface area contributed by atoms with Crippen molar-refractivity contribution in [3.8, 4) is 23.3 Å².